The van der Waals surface area contributed by atoms with Gasteiger partial charge >= 0.3 is 11.8 Å². The largest absolute Gasteiger partial charge is 0.393 e. The molecular formula is C11H17N3O3. The van der Waals surface area contributed by atoms with Crippen LogP contribution in [-0.4, -0.2) is 36.1 Å². The molecule has 0 bridgehead atoms. The van der Waals surface area contributed by atoms with Crippen molar-refractivity contribution >= 4 is 11.8 Å². The molecule has 0 aromatic heterocycles. The van der Waals surface area contributed by atoms with E-state index in [0.29, 0.717) is 13.0 Å². The van der Waals surface area contributed by atoms with Crippen molar-refractivity contribution in [3.63, 3.8) is 0 Å². The summed E-state index contributed by atoms with van der Waals surface area (Å²) in [4.78, 5) is 22.4. The molecule has 0 aromatic rings. The zero-order valence-corrected chi connectivity index (χ0v) is 9.61. The number of amides is 2. The molecular weight excluding hydrogens is 222 g/mol. The lowest BCUT2D eigenvalue weighted by molar-refractivity contribution is -0.139. The van der Waals surface area contributed by atoms with Gasteiger partial charge in [0.2, 0.25) is 0 Å². The Kier molecular flexibility index (Phi) is 5.43. The summed E-state index contributed by atoms with van der Waals surface area (Å²) in [6.45, 7) is 0.226. The van der Waals surface area contributed by atoms with Gasteiger partial charge in [0.05, 0.1) is 12.2 Å². The van der Waals surface area contributed by atoms with Crippen LogP contribution in [0.15, 0.2) is 0 Å². The van der Waals surface area contributed by atoms with Crippen molar-refractivity contribution in [3.8, 4) is 6.07 Å². The Morgan fingerprint density at radius 3 is 2.65 bits per heavy atom. The standard InChI is InChI=1S/C11H17N3O3/c12-4-5-13-10(16)11(17)14-7-8-2-1-3-9(15)6-8/h8-9,15H,1-3,5-7H2,(H,13,16)(H,14,17). The number of hydrogen-bond donors (Lipinski definition) is 3. The van der Waals surface area contributed by atoms with Gasteiger partial charge in [-0.3, -0.25) is 9.59 Å². The highest BCUT2D eigenvalue weighted by molar-refractivity contribution is 6.35. The summed E-state index contributed by atoms with van der Waals surface area (Å²) < 4.78 is 0. The Balaban J connectivity index is 2.23. The van der Waals surface area contributed by atoms with Crippen LogP contribution in [0.25, 0.3) is 0 Å². The third-order valence-electron chi connectivity index (χ3n) is 2.84. The van der Waals surface area contributed by atoms with Crippen LogP contribution < -0.4 is 10.6 Å². The maximum Gasteiger partial charge on any atom is 0.310 e. The molecule has 3 N–H and O–H groups in total. The lowest BCUT2D eigenvalue weighted by Gasteiger charge is -2.25. The van der Waals surface area contributed by atoms with Gasteiger partial charge in [0, 0.05) is 6.54 Å². The number of nitrogens with zero attached hydrogens (tertiary/aromatic N) is 1. The Morgan fingerprint density at radius 2 is 2.00 bits per heavy atom. The number of carbonyl (C=O) groups is 2. The first-order valence-corrected chi connectivity index (χ1v) is 5.74. The topological polar surface area (TPSA) is 102 Å². The first-order chi connectivity index (χ1) is 8.13. The average molecular weight is 239 g/mol. The van der Waals surface area contributed by atoms with Crippen molar-refractivity contribution in [1.82, 2.24) is 10.6 Å². The van der Waals surface area contributed by atoms with Crippen LogP contribution in [0.1, 0.15) is 25.7 Å². The van der Waals surface area contributed by atoms with Crippen LogP contribution in [0.2, 0.25) is 0 Å². The number of nitrogens with one attached hydrogen (secondary N) is 2. The van der Waals surface area contributed by atoms with Gasteiger partial charge in [0.25, 0.3) is 0 Å². The summed E-state index contributed by atoms with van der Waals surface area (Å²) in [7, 11) is 0. The lowest BCUT2D eigenvalue weighted by Crippen LogP contribution is -2.42. The zero-order valence-electron chi connectivity index (χ0n) is 9.61. The van der Waals surface area contributed by atoms with Crippen molar-refractivity contribution in [2.45, 2.75) is 31.8 Å². The summed E-state index contributed by atoms with van der Waals surface area (Å²) in [6.07, 6.45) is 3.09. The smallest absolute Gasteiger partial charge is 0.310 e. The summed E-state index contributed by atoms with van der Waals surface area (Å²) in [5.41, 5.74) is 0. The Morgan fingerprint density at radius 1 is 1.29 bits per heavy atom. The van der Waals surface area contributed by atoms with Crippen molar-refractivity contribution < 1.29 is 14.7 Å². The van der Waals surface area contributed by atoms with Gasteiger partial charge in [-0.25, -0.2) is 0 Å². The van der Waals surface area contributed by atoms with E-state index >= 15 is 0 Å². The van der Waals surface area contributed by atoms with E-state index in [1.807, 2.05) is 0 Å². The van der Waals surface area contributed by atoms with E-state index in [9.17, 15) is 14.7 Å². The van der Waals surface area contributed by atoms with Crippen LogP contribution in [0.3, 0.4) is 0 Å². The molecule has 6 heteroatoms. The van der Waals surface area contributed by atoms with Crippen LogP contribution in [0, 0.1) is 17.2 Å². The number of carbonyl (C=O) groups excluding carboxylic acids is 2. The van der Waals surface area contributed by atoms with Crippen LogP contribution >= 0.6 is 0 Å². The number of aliphatic hydroxyl groups is 1. The minimum absolute atomic E-state index is 0.172. The summed E-state index contributed by atoms with van der Waals surface area (Å²) in [6, 6.07) is 1.72. The Labute approximate surface area is 100.0 Å². The molecule has 2 atom stereocenters. The number of nitriles is 1. The number of aliphatic hydroxyl groups excluding tert-OH is 1. The Hall–Kier alpha value is -1.61. The van der Waals surface area contributed by atoms with E-state index in [2.05, 4.69) is 10.6 Å². The van der Waals surface area contributed by atoms with E-state index in [1.54, 1.807) is 6.07 Å². The van der Waals surface area contributed by atoms with Crippen molar-refractivity contribution in [2.75, 3.05) is 13.1 Å². The maximum absolute atomic E-state index is 11.3. The molecule has 0 aliphatic heterocycles. The van der Waals surface area contributed by atoms with Crippen molar-refractivity contribution in [2.24, 2.45) is 5.92 Å². The fourth-order valence-corrected chi connectivity index (χ4v) is 1.97. The minimum atomic E-state index is -0.789. The predicted octanol–water partition coefficient (Wildman–Crippen LogP) is -0.707. The lowest BCUT2D eigenvalue weighted by atomic mass is 9.87. The molecule has 0 spiro atoms. The quantitative estimate of drug-likeness (QED) is 0.447. The fraction of sp³-hybridized carbons (Fsp3) is 0.727. The van der Waals surface area contributed by atoms with Gasteiger partial charge in [0.1, 0.15) is 6.54 Å². The van der Waals surface area contributed by atoms with Gasteiger partial charge in [-0.15, -0.1) is 0 Å². The van der Waals surface area contributed by atoms with Crippen molar-refractivity contribution in [1.29, 1.82) is 5.26 Å². The SMILES string of the molecule is N#CCNC(=O)C(=O)NCC1CCCC(O)C1. The van der Waals surface area contributed by atoms with Crippen molar-refractivity contribution in [3.05, 3.63) is 0 Å². The number of hydrogen-bond acceptors (Lipinski definition) is 4. The summed E-state index contributed by atoms with van der Waals surface area (Å²) in [5, 5.41) is 22.4. The molecule has 6 nitrogen and oxygen atoms in total. The van der Waals surface area contributed by atoms with Gasteiger partial charge in [-0.05, 0) is 25.2 Å². The zero-order chi connectivity index (χ0) is 12.7. The Bertz CT molecular complexity index is 324. The summed E-state index contributed by atoms with van der Waals surface area (Å²) >= 11 is 0. The normalized spacial score (nSPS) is 23.5. The molecule has 0 aromatic carbocycles. The van der Waals surface area contributed by atoms with E-state index in [-0.39, 0.29) is 18.6 Å². The average Bonchev–Trinajstić information content (AvgIpc) is 2.33. The van der Waals surface area contributed by atoms with Gasteiger partial charge < -0.3 is 15.7 Å². The molecule has 0 radical (unpaired) electrons. The predicted molar refractivity (Wildman–Crippen MR) is 59.6 cm³/mol. The van der Waals surface area contributed by atoms with Crippen LogP contribution in [0.4, 0.5) is 0 Å². The maximum atomic E-state index is 11.3. The van der Waals surface area contributed by atoms with E-state index in [4.69, 9.17) is 5.26 Å². The molecule has 2 amide bonds. The second-order valence-corrected chi connectivity index (χ2v) is 4.24. The van der Waals surface area contributed by atoms with Gasteiger partial charge in [0.15, 0.2) is 0 Å². The molecule has 1 saturated carbocycles. The van der Waals surface area contributed by atoms with Gasteiger partial charge in [-0.1, -0.05) is 6.42 Å². The van der Waals surface area contributed by atoms with Gasteiger partial charge in [-0.2, -0.15) is 5.26 Å². The van der Waals surface area contributed by atoms with E-state index in [1.165, 1.54) is 0 Å². The van der Waals surface area contributed by atoms with E-state index in [0.717, 1.165) is 19.3 Å². The van der Waals surface area contributed by atoms with E-state index < -0.39 is 11.8 Å². The third kappa shape index (κ3) is 4.83. The molecule has 1 fully saturated rings. The minimum Gasteiger partial charge on any atom is -0.393 e. The molecule has 2 unspecified atom stereocenters. The fourth-order valence-electron chi connectivity index (χ4n) is 1.97. The highest BCUT2D eigenvalue weighted by Gasteiger charge is 2.21. The first-order valence-electron chi connectivity index (χ1n) is 5.74. The molecule has 17 heavy (non-hydrogen) atoms. The monoisotopic (exact) mass is 239 g/mol. The molecule has 1 aliphatic rings. The molecule has 1 rings (SSSR count). The van der Waals surface area contributed by atoms with Crippen LogP contribution in [-0.2, 0) is 9.59 Å². The molecule has 0 saturated heterocycles. The second kappa shape index (κ2) is 6.86. The molecule has 1 aliphatic carbocycles. The second-order valence-electron chi connectivity index (χ2n) is 4.24. The first kappa shape index (κ1) is 13.5. The molecule has 0 heterocycles. The highest BCUT2D eigenvalue weighted by Crippen LogP contribution is 2.23. The highest BCUT2D eigenvalue weighted by atomic mass is 16.3. The summed E-state index contributed by atoms with van der Waals surface area (Å²) in [5.74, 6) is -1.28. The third-order valence-corrected chi connectivity index (χ3v) is 2.84. The van der Waals surface area contributed by atoms with Crippen LogP contribution in [0.5, 0.6) is 0 Å². The number of rotatable bonds is 3. The molecule has 94 valence electrons.